The molecule has 0 radical (unpaired) electrons. The summed E-state index contributed by atoms with van der Waals surface area (Å²) in [5.41, 5.74) is 1.05. The van der Waals surface area contributed by atoms with Crippen molar-refractivity contribution in [1.29, 1.82) is 0 Å². The molecule has 2 unspecified atom stereocenters. The maximum Gasteiger partial charge on any atom is 0.244 e. The van der Waals surface area contributed by atoms with Crippen LogP contribution in [0.5, 0.6) is 0 Å². The SMILES string of the molecule is Cc1nn(CCO)c(C)c1S(=O)(=O)NCC1CC1C. The minimum atomic E-state index is -3.51. The zero-order valence-electron chi connectivity index (χ0n) is 11.5. The van der Waals surface area contributed by atoms with Gasteiger partial charge >= 0.3 is 0 Å². The van der Waals surface area contributed by atoms with Crippen LogP contribution in [-0.4, -0.2) is 36.5 Å². The molecule has 0 amide bonds. The molecule has 7 heteroatoms. The van der Waals surface area contributed by atoms with Crippen LogP contribution >= 0.6 is 0 Å². The lowest BCUT2D eigenvalue weighted by molar-refractivity contribution is 0.267. The third-order valence-corrected chi connectivity index (χ3v) is 5.38. The van der Waals surface area contributed by atoms with Gasteiger partial charge in [-0.25, -0.2) is 13.1 Å². The number of aryl methyl sites for hydroxylation is 1. The van der Waals surface area contributed by atoms with Gasteiger partial charge in [0.05, 0.1) is 24.5 Å². The zero-order valence-corrected chi connectivity index (χ0v) is 12.4. The highest BCUT2D eigenvalue weighted by atomic mass is 32.2. The van der Waals surface area contributed by atoms with E-state index in [-0.39, 0.29) is 11.5 Å². The summed E-state index contributed by atoms with van der Waals surface area (Å²) in [4.78, 5) is 0.245. The quantitative estimate of drug-likeness (QED) is 0.794. The minimum Gasteiger partial charge on any atom is -0.394 e. The van der Waals surface area contributed by atoms with Crippen LogP contribution in [0.4, 0.5) is 0 Å². The number of rotatable bonds is 6. The number of nitrogens with zero attached hydrogens (tertiary/aromatic N) is 2. The molecule has 2 rings (SSSR count). The number of aliphatic hydroxyl groups excluding tert-OH is 1. The third kappa shape index (κ3) is 2.98. The topological polar surface area (TPSA) is 84.2 Å². The van der Waals surface area contributed by atoms with Crippen molar-refractivity contribution in [2.24, 2.45) is 11.8 Å². The highest BCUT2D eigenvalue weighted by molar-refractivity contribution is 7.89. The Morgan fingerprint density at radius 2 is 2.11 bits per heavy atom. The zero-order chi connectivity index (χ0) is 14.2. The summed E-state index contributed by atoms with van der Waals surface area (Å²) >= 11 is 0. The van der Waals surface area contributed by atoms with Gasteiger partial charge in [-0.1, -0.05) is 6.92 Å². The van der Waals surface area contributed by atoms with E-state index in [0.717, 1.165) is 6.42 Å². The van der Waals surface area contributed by atoms with Gasteiger partial charge in [-0.3, -0.25) is 4.68 Å². The fraction of sp³-hybridized carbons (Fsp3) is 0.750. The van der Waals surface area contributed by atoms with Crippen LogP contribution in [0.25, 0.3) is 0 Å². The van der Waals surface area contributed by atoms with E-state index < -0.39 is 10.0 Å². The van der Waals surface area contributed by atoms with E-state index >= 15 is 0 Å². The van der Waals surface area contributed by atoms with E-state index in [0.29, 0.717) is 36.3 Å². The molecule has 0 aromatic carbocycles. The van der Waals surface area contributed by atoms with E-state index in [2.05, 4.69) is 16.7 Å². The van der Waals surface area contributed by atoms with Crippen LogP contribution in [0, 0.1) is 25.7 Å². The maximum atomic E-state index is 12.3. The lowest BCUT2D eigenvalue weighted by atomic mass is 10.3. The summed E-state index contributed by atoms with van der Waals surface area (Å²) in [5.74, 6) is 1.07. The second kappa shape index (κ2) is 5.22. The molecule has 108 valence electrons. The van der Waals surface area contributed by atoms with Gasteiger partial charge in [0.15, 0.2) is 0 Å². The van der Waals surface area contributed by atoms with Crippen molar-refractivity contribution in [2.45, 2.75) is 38.6 Å². The predicted octanol–water partition coefficient (Wildman–Crippen LogP) is 0.427. The highest BCUT2D eigenvalue weighted by Gasteiger charge is 2.34. The number of hydrogen-bond donors (Lipinski definition) is 2. The van der Waals surface area contributed by atoms with Gasteiger partial charge in [-0.2, -0.15) is 5.10 Å². The number of aliphatic hydroxyl groups is 1. The van der Waals surface area contributed by atoms with Crippen LogP contribution in [0.2, 0.25) is 0 Å². The molecule has 1 saturated carbocycles. The van der Waals surface area contributed by atoms with E-state index in [4.69, 9.17) is 5.11 Å². The van der Waals surface area contributed by atoms with Crippen LogP contribution in [0.3, 0.4) is 0 Å². The third-order valence-electron chi connectivity index (χ3n) is 3.71. The van der Waals surface area contributed by atoms with Crippen LogP contribution in [0.1, 0.15) is 24.7 Å². The van der Waals surface area contributed by atoms with Gasteiger partial charge in [-0.05, 0) is 32.1 Å². The Morgan fingerprint density at radius 3 is 2.63 bits per heavy atom. The highest BCUT2D eigenvalue weighted by Crippen LogP contribution is 2.37. The van der Waals surface area contributed by atoms with Gasteiger partial charge in [0, 0.05) is 6.54 Å². The molecule has 0 saturated heterocycles. The molecular formula is C12H21N3O3S. The Bertz CT molecular complexity index is 565. The summed E-state index contributed by atoms with van der Waals surface area (Å²) in [6.07, 6.45) is 1.09. The van der Waals surface area contributed by atoms with Gasteiger partial charge in [0.25, 0.3) is 0 Å². The van der Waals surface area contributed by atoms with Crippen LogP contribution < -0.4 is 4.72 Å². The molecule has 19 heavy (non-hydrogen) atoms. The summed E-state index contributed by atoms with van der Waals surface area (Å²) < 4.78 is 28.8. The van der Waals surface area contributed by atoms with Gasteiger partial charge < -0.3 is 5.11 Å². The van der Waals surface area contributed by atoms with Crippen molar-refractivity contribution in [3.8, 4) is 0 Å². The molecule has 0 bridgehead atoms. The molecule has 6 nitrogen and oxygen atoms in total. The molecule has 1 fully saturated rings. The first kappa shape index (κ1) is 14.5. The largest absolute Gasteiger partial charge is 0.394 e. The second-order valence-electron chi connectivity index (χ2n) is 5.27. The Balaban J connectivity index is 2.19. The standard InChI is InChI=1S/C12H21N3O3S/c1-8-6-11(8)7-13-19(17,18)12-9(2)14-15(4-5-16)10(12)3/h8,11,13,16H,4-7H2,1-3H3. The molecule has 1 aromatic rings. The lowest BCUT2D eigenvalue weighted by Crippen LogP contribution is -2.27. The smallest absolute Gasteiger partial charge is 0.244 e. The maximum absolute atomic E-state index is 12.3. The second-order valence-corrected chi connectivity index (χ2v) is 6.98. The Hall–Kier alpha value is -0.920. The molecule has 1 aliphatic rings. The summed E-state index contributed by atoms with van der Waals surface area (Å²) in [6, 6.07) is 0. The first-order chi connectivity index (χ1) is 8.86. The summed E-state index contributed by atoms with van der Waals surface area (Å²) in [6.45, 7) is 6.25. The number of sulfonamides is 1. The lowest BCUT2D eigenvalue weighted by Gasteiger charge is -2.07. The summed E-state index contributed by atoms with van der Waals surface area (Å²) in [7, 11) is -3.51. The summed E-state index contributed by atoms with van der Waals surface area (Å²) in [5, 5.41) is 13.1. The van der Waals surface area contributed by atoms with E-state index in [1.54, 1.807) is 13.8 Å². The van der Waals surface area contributed by atoms with Crippen molar-refractivity contribution in [1.82, 2.24) is 14.5 Å². The average Bonchev–Trinajstić information content (AvgIpc) is 2.94. The Kier molecular flexibility index (Phi) is 3.98. The normalized spacial score (nSPS) is 22.7. The van der Waals surface area contributed by atoms with E-state index in [9.17, 15) is 8.42 Å². The Labute approximate surface area is 113 Å². The van der Waals surface area contributed by atoms with Gasteiger partial charge in [0.1, 0.15) is 4.90 Å². The van der Waals surface area contributed by atoms with Crippen molar-refractivity contribution >= 4 is 10.0 Å². The number of nitrogens with one attached hydrogen (secondary N) is 1. The van der Waals surface area contributed by atoms with Crippen molar-refractivity contribution in [3.05, 3.63) is 11.4 Å². The monoisotopic (exact) mass is 287 g/mol. The van der Waals surface area contributed by atoms with Gasteiger partial charge in [0.2, 0.25) is 10.0 Å². The number of hydrogen-bond acceptors (Lipinski definition) is 4. The van der Waals surface area contributed by atoms with Crippen molar-refractivity contribution < 1.29 is 13.5 Å². The first-order valence-corrected chi connectivity index (χ1v) is 7.99. The predicted molar refractivity (Wildman–Crippen MR) is 71.2 cm³/mol. The van der Waals surface area contributed by atoms with E-state index in [1.165, 1.54) is 4.68 Å². The first-order valence-electron chi connectivity index (χ1n) is 6.51. The Morgan fingerprint density at radius 1 is 1.47 bits per heavy atom. The van der Waals surface area contributed by atoms with Crippen LogP contribution in [0.15, 0.2) is 4.90 Å². The fourth-order valence-electron chi connectivity index (χ4n) is 2.35. The van der Waals surface area contributed by atoms with Crippen LogP contribution in [-0.2, 0) is 16.6 Å². The van der Waals surface area contributed by atoms with Gasteiger partial charge in [-0.15, -0.1) is 0 Å². The molecule has 0 aliphatic heterocycles. The molecule has 2 atom stereocenters. The minimum absolute atomic E-state index is 0.0610. The number of aromatic nitrogens is 2. The average molecular weight is 287 g/mol. The molecule has 1 aromatic heterocycles. The molecule has 1 heterocycles. The molecule has 2 N–H and O–H groups in total. The van der Waals surface area contributed by atoms with E-state index in [1.807, 2.05) is 0 Å². The van der Waals surface area contributed by atoms with Crippen molar-refractivity contribution in [3.63, 3.8) is 0 Å². The molecule has 0 spiro atoms. The van der Waals surface area contributed by atoms with Crippen molar-refractivity contribution in [2.75, 3.05) is 13.2 Å². The fourth-order valence-corrected chi connectivity index (χ4v) is 3.86. The molecular weight excluding hydrogens is 266 g/mol. The molecule has 1 aliphatic carbocycles.